The Labute approximate surface area is 96.4 Å². The number of aliphatic carboxylic acids is 1. The number of carboxylic acids is 1. The Bertz CT molecular complexity index is 271. The minimum atomic E-state index is -0.816. The molecule has 4 nitrogen and oxygen atoms in total. The molecule has 0 radical (unpaired) electrons. The molecular weight excluding hydrogens is 206 g/mol. The Kier molecular flexibility index (Phi) is 4.33. The number of hydrogen-bond acceptors (Lipinski definition) is 2. The van der Waals surface area contributed by atoms with Crippen LogP contribution < -0.4 is 5.32 Å². The Balaban J connectivity index is 2.37. The Morgan fingerprint density at radius 1 is 1.38 bits per heavy atom. The first-order valence-corrected chi connectivity index (χ1v) is 6.07. The summed E-state index contributed by atoms with van der Waals surface area (Å²) in [6.07, 6.45) is 4.19. The molecule has 0 spiro atoms. The van der Waals surface area contributed by atoms with Crippen LogP contribution in [0.5, 0.6) is 0 Å². The van der Waals surface area contributed by atoms with Crippen molar-refractivity contribution in [3.63, 3.8) is 0 Å². The Morgan fingerprint density at radius 3 is 2.38 bits per heavy atom. The van der Waals surface area contributed by atoms with Gasteiger partial charge in [0.05, 0.1) is 5.92 Å². The standard InChI is InChI=1S/C12H21NO3/c1-3-5-9(10(14)15)8-13-11(16)12(4-2)6-7-12/h9H,3-8H2,1-2H3,(H,13,16)(H,14,15). The zero-order valence-corrected chi connectivity index (χ0v) is 10.1. The van der Waals surface area contributed by atoms with Crippen LogP contribution in [-0.4, -0.2) is 23.5 Å². The summed E-state index contributed by atoms with van der Waals surface area (Å²) >= 11 is 0. The third-order valence-corrected chi connectivity index (χ3v) is 3.51. The minimum absolute atomic E-state index is 0.0392. The van der Waals surface area contributed by atoms with Crippen molar-refractivity contribution in [2.24, 2.45) is 11.3 Å². The summed E-state index contributed by atoms with van der Waals surface area (Å²) in [7, 11) is 0. The van der Waals surface area contributed by atoms with Gasteiger partial charge in [-0.05, 0) is 25.7 Å². The van der Waals surface area contributed by atoms with E-state index in [1.165, 1.54) is 0 Å². The van der Waals surface area contributed by atoms with Gasteiger partial charge in [0.1, 0.15) is 0 Å². The molecule has 1 unspecified atom stereocenters. The molecule has 0 aromatic heterocycles. The van der Waals surface area contributed by atoms with E-state index in [9.17, 15) is 9.59 Å². The molecule has 16 heavy (non-hydrogen) atoms. The maximum Gasteiger partial charge on any atom is 0.308 e. The number of carboxylic acid groups (broad SMARTS) is 1. The summed E-state index contributed by atoms with van der Waals surface area (Å²) in [5.41, 5.74) is -0.171. The number of carbonyl (C=O) groups is 2. The fraction of sp³-hybridized carbons (Fsp3) is 0.833. The molecule has 1 rings (SSSR count). The highest BCUT2D eigenvalue weighted by atomic mass is 16.4. The lowest BCUT2D eigenvalue weighted by Gasteiger charge is -2.16. The molecule has 1 aliphatic carbocycles. The number of rotatable bonds is 7. The van der Waals surface area contributed by atoms with Crippen LogP contribution in [0.3, 0.4) is 0 Å². The number of carbonyl (C=O) groups excluding carboxylic acids is 1. The summed E-state index contributed by atoms with van der Waals surface area (Å²) < 4.78 is 0. The maximum absolute atomic E-state index is 11.8. The zero-order valence-electron chi connectivity index (χ0n) is 10.1. The van der Waals surface area contributed by atoms with E-state index in [0.717, 1.165) is 25.7 Å². The second-order valence-corrected chi connectivity index (χ2v) is 4.67. The molecular formula is C12H21NO3. The summed E-state index contributed by atoms with van der Waals surface area (Å²) in [6, 6.07) is 0. The smallest absolute Gasteiger partial charge is 0.308 e. The van der Waals surface area contributed by atoms with Crippen LogP contribution in [0.1, 0.15) is 46.0 Å². The van der Waals surface area contributed by atoms with Crippen LogP contribution in [0.2, 0.25) is 0 Å². The third kappa shape index (κ3) is 2.97. The van der Waals surface area contributed by atoms with Crippen LogP contribution in [0.15, 0.2) is 0 Å². The molecule has 1 amide bonds. The van der Waals surface area contributed by atoms with Gasteiger partial charge in [-0.15, -0.1) is 0 Å². The molecule has 2 N–H and O–H groups in total. The van der Waals surface area contributed by atoms with Crippen LogP contribution in [-0.2, 0) is 9.59 Å². The van der Waals surface area contributed by atoms with E-state index in [1.807, 2.05) is 13.8 Å². The van der Waals surface area contributed by atoms with Crippen molar-refractivity contribution < 1.29 is 14.7 Å². The highest BCUT2D eigenvalue weighted by molar-refractivity contribution is 5.85. The molecule has 0 aromatic carbocycles. The normalized spacial score (nSPS) is 18.9. The number of hydrogen-bond donors (Lipinski definition) is 2. The van der Waals surface area contributed by atoms with Gasteiger partial charge in [-0.3, -0.25) is 9.59 Å². The molecule has 92 valence electrons. The average Bonchev–Trinajstić information content (AvgIpc) is 3.04. The highest BCUT2D eigenvalue weighted by Crippen LogP contribution is 2.48. The quantitative estimate of drug-likeness (QED) is 0.697. The molecule has 1 aliphatic rings. The van der Waals surface area contributed by atoms with Crippen molar-refractivity contribution in [3.8, 4) is 0 Å². The topological polar surface area (TPSA) is 66.4 Å². The lowest BCUT2D eigenvalue weighted by atomic mass is 10.0. The van der Waals surface area contributed by atoms with Crippen LogP contribution >= 0.6 is 0 Å². The van der Waals surface area contributed by atoms with E-state index < -0.39 is 11.9 Å². The second-order valence-electron chi connectivity index (χ2n) is 4.67. The molecule has 1 fully saturated rings. The van der Waals surface area contributed by atoms with Gasteiger partial charge < -0.3 is 10.4 Å². The monoisotopic (exact) mass is 227 g/mol. The van der Waals surface area contributed by atoms with Gasteiger partial charge in [-0.25, -0.2) is 0 Å². The van der Waals surface area contributed by atoms with Crippen molar-refractivity contribution in [1.82, 2.24) is 5.32 Å². The zero-order chi connectivity index (χ0) is 12.2. The SMILES string of the molecule is CCCC(CNC(=O)C1(CC)CC1)C(=O)O. The van der Waals surface area contributed by atoms with Crippen LogP contribution in [0.25, 0.3) is 0 Å². The lowest BCUT2D eigenvalue weighted by molar-refractivity contribution is -0.142. The van der Waals surface area contributed by atoms with E-state index in [-0.39, 0.29) is 17.9 Å². The van der Waals surface area contributed by atoms with E-state index >= 15 is 0 Å². The predicted molar refractivity (Wildman–Crippen MR) is 61.0 cm³/mol. The summed E-state index contributed by atoms with van der Waals surface area (Å²) in [4.78, 5) is 22.7. The molecule has 0 heterocycles. The average molecular weight is 227 g/mol. The van der Waals surface area contributed by atoms with Crippen molar-refractivity contribution in [2.45, 2.75) is 46.0 Å². The minimum Gasteiger partial charge on any atom is -0.481 e. The fourth-order valence-electron chi connectivity index (χ4n) is 1.96. The van der Waals surface area contributed by atoms with Gasteiger partial charge in [0.25, 0.3) is 0 Å². The van der Waals surface area contributed by atoms with Gasteiger partial charge in [0, 0.05) is 12.0 Å². The van der Waals surface area contributed by atoms with Gasteiger partial charge in [-0.1, -0.05) is 20.3 Å². The molecule has 1 saturated carbocycles. The third-order valence-electron chi connectivity index (χ3n) is 3.51. The molecule has 0 aromatic rings. The van der Waals surface area contributed by atoms with E-state index in [4.69, 9.17) is 5.11 Å². The first-order chi connectivity index (χ1) is 7.55. The molecule has 0 bridgehead atoms. The first kappa shape index (κ1) is 13.0. The van der Waals surface area contributed by atoms with Crippen molar-refractivity contribution in [2.75, 3.05) is 6.54 Å². The van der Waals surface area contributed by atoms with Crippen molar-refractivity contribution in [3.05, 3.63) is 0 Å². The van der Waals surface area contributed by atoms with Gasteiger partial charge in [0.15, 0.2) is 0 Å². The predicted octanol–water partition coefficient (Wildman–Crippen LogP) is 1.79. The van der Waals surface area contributed by atoms with Gasteiger partial charge in [0.2, 0.25) is 5.91 Å². The number of amides is 1. The molecule has 1 atom stereocenters. The maximum atomic E-state index is 11.8. The van der Waals surface area contributed by atoms with E-state index in [1.54, 1.807) is 0 Å². The fourth-order valence-corrected chi connectivity index (χ4v) is 1.96. The Hall–Kier alpha value is -1.06. The Morgan fingerprint density at radius 2 is 2.00 bits per heavy atom. The molecule has 4 heteroatoms. The van der Waals surface area contributed by atoms with E-state index in [2.05, 4.69) is 5.32 Å². The van der Waals surface area contributed by atoms with Gasteiger partial charge >= 0.3 is 5.97 Å². The second kappa shape index (κ2) is 5.32. The first-order valence-electron chi connectivity index (χ1n) is 6.07. The molecule has 0 saturated heterocycles. The number of nitrogens with one attached hydrogen (secondary N) is 1. The van der Waals surface area contributed by atoms with Crippen molar-refractivity contribution >= 4 is 11.9 Å². The largest absolute Gasteiger partial charge is 0.481 e. The van der Waals surface area contributed by atoms with E-state index in [0.29, 0.717) is 6.42 Å². The van der Waals surface area contributed by atoms with Gasteiger partial charge in [-0.2, -0.15) is 0 Å². The van der Waals surface area contributed by atoms with Crippen LogP contribution in [0.4, 0.5) is 0 Å². The molecule has 0 aliphatic heterocycles. The summed E-state index contributed by atoms with van der Waals surface area (Å²) in [5, 5.41) is 11.7. The van der Waals surface area contributed by atoms with Crippen LogP contribution in [0, 0.1) is 11.3 Å². The highest BCUT2D eigenvalue weighted by Gasteiger charge is 2.47. The van der Waals surface area contributed by atoms with Crippen molar-refractivity contribution in [1.29, 1.82) is 0 Å². The summed E-state index contributed by atoms with van der Waals surface area (Å²) in [6.45, 7) is 4.23. The lowest BCUT2D eigenvalue weighted by Crippen LogP contribution is -2.37. The summed E-state index contributed by atoms with van der Waals surface area (Å²) in [5.74, 6) is -1.22.